The van der Waals surface area contributed by atoms with Crippen LogP contribution in [0.2, 0.25) is 0 Å². The summed E-state index contributed by atoms with van der Waals surface area (Å²) in [7, 11) is 0. The van der Waals surface area contributed by atoms with Crippen LogP contribution in [0.3, 0.4) is 0 Å². The third-order valence-corrected chi connectivity index (χ3v) is 6.11. The highest BCUT2D eigenvalue weighted by Gasteiger charge is 2.25. The molecule has 192 valence electrons. The van der Waals surface area contributed by atoms with E-state index in [4.69, 9.17) is 9.47 Å². The standard InChI is InChI=1S/C24H29N5O6S/c1-16(2)34-13-11-27(12-14-35-17(3)4)21-10-9-20(18-7-5-6-8-19(18)21)25-26-24-22(28(30)31)15-23(36-24)29(32)33/h5-10,15-17H,11-14H2,1-4H3. The molecule has 0 aliphatic rings. The first kappa shape index (κ1) is 27.1. The predicted molar refractivity (Wildman–Crippen MR) is 140 cm³/mol. The molecule has 0 fully saturated rings. The molecule has 0 aliphatic heterocycles. The molecule has 0 unspecified atom stereocenters. The Morgan fingerprint density at radius 3 is 2.06 bits per heavy atom. The van der Waals surface area contributed by atoms with E-state index in [1.807, 2.05) is 58.0 Å². The van der Waals surface area contributed by atoms with Gasteiger partial charge in [-0.25, -0.2) is 0 Å². The minimum absolute atomic E-state index is 0.121. The maximum Gasteiger partial charge on any atom is 0.333 e. The Kier molecular flexibility index (Phi) is 9.39. The Hall–Kier alpha value is -3.48. The summed E-state index contributed by atoms with van der Waals surface area (Å²) in [6, 6.07) is 12.3. The Morgan fingerprint density at radius 1 is 0.889 bits per heavy atom. The van der Waals surface area contributed by atoms with Crippen molar-refractivity contribution >= 4 is 49.2 Å². The molecule has 2 aromatic carbocycles. The number of thiophene rings is 1. The van der Waals surface area contributed by atoms with E-state index in [1.54, 1.807) is 6.07 Å². The lowest BCUT2D eigenvalue weighted by Crippen LogP contribution is -2.32. The van der Waals surface area contributed by atoms with Crippen LogP contribution in [-0.4, -0.2) is 48.4 Å². The first-order valence-corrected chi connectivity index (χ1v) is 12.3. The number of rotatable bonds is 13. The van der Waals surface area contributed by atoms with Crippen molar-refractivity contribution in [3.05, 3.63) is 62.7 Å². The molecule has 0 N–H and O–H groups in total. The lowest BCUT2D eigenvalue weighted by Gasteiger charge is -2.27. The highest BCUT2D eigenvalue weighted by atomic mass is 32.1. The van der Waals surface area contributed by atoms with Crippen LogP contribution < -0.4 is 4.90 Å². The zero-order valence-electron chi connectivity index (χ0n) is 20.6. The van der Waals surface area contributed by atoms with Gasteiger partial charge in [0.05, 0.1) is 41.0 Å². The number of hydrogen-bond donors (Lipinski definition) is 0. The highest BCUT2D eigenvalue weighted by molar-refractivity contribution is 7.19. The smallest absolute Gasteiger partial charge is 0.333 e. The van der Waals surface area contributed by atoms with Crippen LogP contribution in [0.1, 0.15) is 27.7 Å². The summed E-state index contributed by atoms with van der Waals surface area (Å²) in [4.78, 5) is 23.2. The molecule has 12 heteroatoms. The van der Waals surface area contributed by atoms with Crippen molar-refractivity contribution < 1.29 is 19.3 Å². The Bertz CT molecular complexity index is 1230. The fourth-order valence-corrected chi connectivity index (χ4v) is 4.29. The predicted octanol–water partition coefficient (Wildman–Crippen LogP) is 6.79. The Labute approximate surface area is 212 Å². The number of anilines is 1. The van der Waals surface area contributed by atoms with Crippen LogP contribution >= 0.6 is 11.3 Å². The van der Waals surface area contributed by atoms with Gasteiger partial charge in [0.2, 0.25) is 5.00 Å². The maximum absolute atomic E-state index is 11.3. The molecule has 0 saturated carbocycles. The molecule has 0 aliphatic carbocycles. The molecule has 0 radical (unpaired) electrons. The minimum atomic E-state index is -0.699. The van der Waals surface area contributed by atoms with Crippen LogP contribution in [0.4, 0.5) is 27.1 Å². The van der Waals surface area contributed by atoms with E-state index in [2.05, 4.69) is 15.1 Å². The molecule has 0 amide bonds. The number of benzene rings is 2. The summed E-state index contributed by atoms with van der Waals surface area (Å²) in [5, 5.41) is 31.9. The van der Waals surface area contributed by atoms with Gasteiger partial charge in [-0.05, 0) is 51.2 Å². The number of fused-ring (bicyclic) bond motifs is 1. The van der Waals surface area contributed by atoms with Crippen LogP contribution in [-0.2, 0) is 9.47 Å². The molecule has 0 bridgehead atoms. The van der Waals surface area contributed by atoms with Gasteiger partial charge in [0.1, 0.15) is 6.07 Å². The van der Waals surface area contributed by atoms with E-state index >= 15 is 0 Å². The number of nitro groups is 2. The number of azo groups is 1. The molecular weight excluding hydrogens is 486 g/mol. The molecule has 0 saturated heterocycles. The second-order valence-electron chi connectivity index (χ2n) is 8.46. The van der Waals surface area contributed by atoms with Gasteiger partial charge < -0.3 is 14.4 Å². The molecule has 1 aromatic heterocycles. The molecule has 0 spiro atoms. The van der Waals surface area contributed by atoms with Gasteiger partial charge in [0.15, 0.2) is 0 Å². The summed E-state index contributed by atoms with van der Waals surface area (Å²) >= 11 is 0.614. The van der Waals surface area contributed by atoms with Crippen molar-refractivity contribution in [3.8, 4) is 0 Å². The molecule has 11 nitrogen and oxygen atoms in total. The van der Waals surface area contributed by atoms with Gasteiger partial charge in [-0.3, -0.25) is 20.2 Å². The molecular formula is C24H29N5O6S. The van der Waals surface area contributed by atoms with Gasteiger partial charge in [0.25, 0.3) is 0 Å². The lowest BCUT2D eigenvalue weighted by atomic mass is 10.1. The first-order chi connectivity index (χ1) is 17.2. The zero-order valence-corrected chi connectivity index (χ0v) is 21.4. The average molecular weight is 516 g/mol. The van der Waals surface area contributed by atoms with Crippen LogP contribution in [0, 0.1) is 20.2 Å². The van der Waals surface area contributed by atoms with E-state index in [-0.39, 0.29) is 22.2 Å². The number of hydrogen-bond acceptors (Lipinski definition) is 10. The number of nitrogens with zero attached hydrogens (tertiary/aromatic N) is 5. The van der Waals surface area contributed by atoms with Gasteiger partial charge in [-0.15, -0.1) is 10.2 Å². The van der Waals surface area contributed by atoms with Crippen molar-refractivity contribution in [1.29, 1.82) is 0 Å². The van der Waals surface area contributed by atoms with E-state index in [9.17, 15) is 20.2 Å². The third-order valence-electron chi connectivity index (χ3n) is 5.15. The minimum Gasteiger partial charge on any atom is -0.377 e. The normalized spacial score (nSPS) is 11.7. The summed E-state index contributed by atoms with van der Waals surface area (Å²) < 4.78 is 11.6. The first-order valence-electron chi connectivity index (χ1n) is 11.5. The summed E-state index contributed by atoms with van der Waals surface area (Å²) in [5.41, 5.74) is 1.02. The summed E-state index contributed by atoms with van der Waals surface area (Å²) in [6.45, 7) is 10.4. The monoisotopic (exact) mass is 515 g/mol. The fourth-order valence-electron chi connectivity index (χ4n) is 3.53. The van der Waals surface area contributed by atoms with Crippen LogP contribution in [0.15, 0.2) is 52.7 Å². The largest absolute Gasteiger partial charge is 0.377 e. The van der Waals surface area contributed by atoms with Crippen molar-refractivity contribution in [2.45, 2.75) is 39.9 Å². The van der Waals surface area contributed by atoms with Crippen LogP contribution in [0.25, 0.3) is 10.8 Å². The third kappa shape index (κ3) is 7.03. The van der Waals surface area contributed by atoms with Gasteiger partial charge in [-0.1, -0.05) is 24.3 Å². The van der Waals surface area contributed by atoms with Crippen molar-refractivity contribution in [3.63, 3.8) is 0 Å². The van der Waals surface area contributed by atoms with Crippen molar-refractivity contribution in [1.82, 2.24) is 0 Å². The zero-order chi connectivity index (χ0) is 26.2. The van der Waals surface area contributed by atoms with E-state index in [1.165, 1.54) is 0 Å². The molecule has 3 aromatic rings. The SMILES string of the molecule is CC(C)OCCN(CCOC(C)C)c1ccc(N=Nc2sc([N+](=O)[O-])cc2[N+](=O)[O-])c2ccccc12. The maximum atomic E-state index is 11.3. The molecule has 3 rings (SSSR count). The topological polar surface area (TPSA) is 133 Å². The van der Waals surface area contributed by atoms with Crippen LogP contribution in [0.5, 0.6) is 0 Å². The second kappa shape index (κ2) is 12.5. The Morgan fingerprint density at radius 2 is 1.50 bits per heavy atom. The summed E-state index contributed by atoms with van der Waals surface area (Å²) in [5.74, 6) is 0. The van der Waals surface area contributed by atoms with Gasteiger partial charge in [-0.2, -0.15) is 0 Å². The molecule has 36 heavy (non-hydrogen) atoms. The summed E-state index contributed by atoms with van der Waals surface area (Å²) in [6.07, 6.45) is 0.242. The number of ether oxygens (including phenoxy) is 2. The van der Waals surface area contributed by atoms with Crippen molar-refractivity contribution in [2.24, 2.45) is 10.2 Å². The van der Waals surface area contributed by atoms with Gasteiger partial charge >= 0.3 is 10.7 Å². The quantitative estimate of drug-likeness (QED) is 0.139. The van der Waals surface area contributed by atoms with E-state index < -0.39 is 15.5 Å². The highest BCUT2D eigenvalue weighted by Crippen LogP contribution is 2.42. The van der Waals surface area contributed by atoms with E-state index in [0.717, 1.165) is 22.5 Å². The van der Waals surface area contributed by atoms with Crippen molar-refractivity contribution in [2.75, 3.05) is 31.2 Å². The second-order valence-corrected chi connectivity index (χ2v) is 9.47. The van der Waals surface area contributed by atoms with E-state index in [0.29, 0.717) is 43.3 Å². The Balaban J connectivity index is 1.96. The lowest BCUT2D eigenvalue weighted by molar-refractivity contribution is -0.389. The molecule has 1 heterocycles. The average Bonchev–Trinajstić information content (AvgIpc) is 3.26. The fraction of sp³-hybridized carbons (Fsp3) is 0.417. The molecule has 0 atom stereocenters. The van der Waals surface area contributed by atoms with Gasteiger partial charge in [0, 0.05) is 29.5 Å².